The Labute approximate surface area is 142 Å². The number of rotatable bonds is 3. The van der Waals surface area contributed by atoms with Gasteiger partial charge >= 0.3 is 10.2 Å². The Morgan fingerprint density at radius 2 is 1.75 bits per heavy atom. The summed E-state index contributed by atoms with van der Waals surface area (Å²) in [5.74, 6) is -0.600. The molecule has 1 aliphatic heterocycles. The number of carbonyl (C=O) groups excluding carboxylic acids is 1. The van der Waals surface area contributed by atoms with E-state index in [1.165, 1.54) is 4.31 Å². The number of fused-ring (bicyclic) bond motifs is 1. The van der Waals surface area contributed by atoms with Crippen LogP contribution in [0.15, 0.2) is 42.5 Å². The molecule has 0 saturated carbocycles. The van der Waals surface area contributed by atoms with Crippen molar-refractivity contribution in [2.24, 2.45) is 0 Å². The number of benzene rings is 2. The van der Waals surface area contributed by atoms with Crippen LogP contribution in [0.3, 0.4) is 0 Å². The molecule has 3 rings (SSSR count). The van der Waals surface area contributed by atoms with Crippen molar-refractivity contribution in [2.45, 2.75) is 26.8 Å². The van der Waals surface area contributed by atoms with Gasteiger partial charge in [-0.25, -0.2) is 4.72 Å². The molecular weight excluding hydrogens is 324 g/mol. The lowest BCUT2D eigenvalue weighted by atomic mass is 10.0. The van der Waals surface area contributed by atoms with Crippen LogP contribution in [0.2, 0.25) is 0 Å². The van der Waals surface area contributed by atoms with Gasteiger partial charge in [-0.05, 0) is 54.7 Å². The average Bonchev–Trinajstić information content (AvgIpc) is 2.56. The van der Waals surface area contributed by atoms with Gasteiger partial charge in [0.1, 0.15) is 0 Å². The number of nitrogens with one attached hydrogen (secondary N) is 1. The van der Waals surface area contributed by atoms with E-state index >= 15 is 0 Å². The van der Waals surface area contributed by atoms with Crippen LogP contribution in [-0.2, 0) is 23.2 Å². The molecule has 24 heavy (non-hydrogen) atoms. The van der Waals surface area contributed by atoms with E-state index in [4.69, 9.17) is 0 Å². The Hall–Kier alpha value is -2.18. The van der Waals surface area contributed by atoms with Crippen LogP contribution in [0, 0.1) is 13.8 Å². The first-order valence-electron chi connectivity index (χ1n) is 7.83. The van der Waals surface area contributed by atoms with E-state index in [9.17, 15) is 13.2 Å². The van der Waals surface area contributed by atoms with Gasteiger partial charge < -0.3 is 0 Å². The number of hydrogen-bond donors (Lipinski definition) is 1. The SMILES string of the molecule is Cc1ccc(C(=O)NS(=O)(=O)N2CCc3ccccc3C2)cc1C. The van der Waals surface area contributed by atoms with Gasteiger partial charge in [0.05, 0.1) is 0 Å². The molecule has 1 heterocycles. The molecule has 0 atom stereocenters. The highest BCUT2D eigenvalue weighted by Gasteiger charge is 2.28. The smallest absolute Gasteiger partial charge is 0.268 e. The lowest BCUT2D eigenvalue weighted by Crippen LogP contribution is -2.45. The second-order valence-electron chi connectivity index (χ2n) is 6.09. The van der Waals surface area contributed by atoms with Gasteiger partial charge in [-0.15, -0.1) is 0 Å². The van der Waals surface area contributed by atoms with Crippen molar-refractivity contribution in [3.05, 3.63) is 70.3 Å². The van der Waals surface area contributed by atoms with E-state index < -0.39 is 16.1 Å². The average molecular weight is 344 g/mol. The van der Waals surface area contributed by atoms with Crippen LogP contribution < -0.4 is 4.72 Å². The second-order valence-corrected chi connectivity index (χ2v) is 7.76. The minimum atomic E-state index is -3.86. The molecule has 2 aromatic carbocycles. The molecule has 2 aromatic rings. The first-order chi connectivity index (χ1) is 11.4. The summed E-state index contributed by atoms with van der Waals surface area (Å²) in [6, 6.07) is 12.9. The van der Waals surface area contributed by atoms with Crippen molar-refractivity contribution in [3.63, 3.8) is 0 Å². The highest BCUT2D eigenvalue weighted by Crippen LogP contribution is 2.20. The molecule has 0 aliphatic carbocycles. The predicted molar refractivity (Wildman–Crippen MR) is 92.9 cm³/mol. The first kappa shape index (κ1) is 16.7. The van der Waals surface area contributed by atoms with E-state index in [2.05, 4.69) is 4.72 Å². The van der Waals surface area contributed by atoms with Crippen molar-refractivity contribution in [1.82, 2.24) is 9.03 Å². The van der Waals surface area contributed by atoms with Gasteiger partial charge in [0, 0.05) is 18.7 Å². The molecule has 5 nitrogen and oxygen atoms in total. The third-order valence-electron chi connectivity index (χ3n) is 4.43. The van der Waals surface area contributed by atoms with Gasteiger partial charge in [-0.1, -0.05) is 30.3 Å². The standard InChI is InChI=1S/C18H20N2O3S/c1-13-7-8-16(11-14(13)2)18(21)19-24(22,23)20-10-9-15-5-3-4-6-17(15)12-20/h3-8,11H,9-10,12H2,1-2H3,(H,19,21). The molecule has 0 unspecified atom stereocenters. The summed E-state index contributed by atoms with van der Waals surface area (Å²) in [7, 11) is -3.86. The Bertz CT molecular complexity index is 891. The third kappa shape index (κ3) is 3.34. The second kappa shape index (κ2) is 6.37. The number of aryl methyl sites for hydroxylation is 2. The summed E-state index contributed by atoms with van der Waals surface area (Å²) < 4.78 is 28.5. The molecule has 126 valence electrons. The summed E-state index contributed by atoms with van der Waals surface area (Å²) in [5.41, 5.74) is 4.49. The molecule has 1 aliphatic rings. The maximum atomic E-state index is 12.5. The van der Waals surface area contributed by atoms with Crippen LogP contribution in [0.4, 0.5) is 0 Å². The molecule has 0 spiro atoms. The maximum absolute atomic E-state index is 12.5. The molecule has 0 fully saturated rings. The molecular formula is C18H20N2O3S. The molecule has 1 amide bonds. The van der Waals surface area contributed by atoms with Gasteiger partial charge in [0.25, 0.3) is 5.91 Å². The fourth-order valence-electron chi connectivity index (χ4n) is 2.80. The molecule has 0 bridgehead atoms. The Morgan fingerprint density at radius 1 is 1.04 bits per heavy atom. The zero-order valence-corrected chi connectivity index (χ0v) is 14.6. The molecule has 0 radical (unpaired) electrons. The molecule has 0 aromatic heterocycles. The molecule has 1 N–H and O–H groups in total. The largest absolute Gasteiger partial charge is 0.304 e. The number of carbonyl (C=O) groups is 1. The van der Waals surface area contributed by atoms with Crippen LogP contribution in [0.1, 0.15) is 32.6 Å². The van der Waals surface area contributed by atoms with Gasteiger partial charge in [0.15, 0.2) is 0 Å². The van der Waals surface area contributed by atoms with Crippen molar-refractivity contribution in [2.75, 3.05) is 6.54 Å². The number of nitrogens with zero attached hydrogens (tertiary/aromatic N) is 1. The zero-order chi connectivity index (χ0) is 17.3. The summed E-state index contributed by atoms with van der Waals surface area (Å²) in [4.78, 5) is 12.3. The number of hydrogen-bond acceptors (Lipinski definition) is 3. The van der Waals surface area contributed by atoms with Crippen molar-refractivity contribution < 1.29 is 13.2 Å². The lowest BCUT2D eigenvalue weighted by molar-refractivity contribution is 0.0978. The normalized spacial score (nSPS) is 14.9. The maximum Gasteiger partial charge on any atom is 0.304 e. The van der Waals surface area contributed by atoms with E-state index in [1.54, 1.807) is 12.1 Å². The highest BCUT2D eigenvalue weighted by atomic mass is 32.2. The minimum absolute atomic E-state index is 0.283. The summed E-state index contributed by atoms with van der Waals surface area (Å²) >= 11 is 0. The third-order valence-corrected chi connectivity index (χ3v) is 5.86. The van der Waals surface area contributed by atoms with Gasteiger partial charge in [-0.3, -0.25) is 4.79 Å². The lowest BCUT2D eigenvalue weighted by Gasteiger charge is -2.27. The van der Waals surface area contributed by atoms with E-state index in [0.717, 1.165) is 22.3 Å². The topological polar surface area (TPSA) is 66.5 Å². The Balaban J connectivity index is 1.77. The highest BCUT2D eigenvalue weighted by molar-refractivity contribution is 7.87. The fourth-order valence-corrected chi connectivity index (χ4v) is 3.92. The molecule has 6 heteroatoms. The van der Waals surface area contributed by atoms with E-state index in [0.29, 0.717) is 18.5 Å². The Morgan fingerprint density at radius 3 is 2.46 bits per heavy atom. The van der Waals surface area contributed by atoms with Crippen LogP contribution in [-0.4, -0.2) is 25.2 Å². The number of amides is 1. The predicted octanol–water partition coefficient (Wildman–Crippen LogP) is 2.34. The Kier molecular flexibility index (Phi) is 4.43. The summed E-state index contributed by atoms with van der Waals surface area (Å²) in [6.07, 6.45) is 0.648. The first-order valence-corrected chi connectivity index (χ1v) is 9.27. The fraction of sp³-hybridized carbons (Fsp3) is 0.278. The summed E-state index contributed by atoms with van der Waals surface area (Å²) in [5, 5.41) is 0. The zero-order valence-electron chi connectivity index (χ0n) is 13.7. The van der Waals surface area contributed by atoms with E-state index in [1.807, 2.05) is 44.2 Å². The monoisotopic (exact) mass is 344 g/mol. The molecule has 0 saturated heterocycles. The van der Waals surface area contributed by atoms with Gasteiger partial charge in [0.2, 0.25) is 0 Å². The van der Waals surface area contributed by atoms with Crippen LogP contribution in [0.5, 0.6) is 0 Å². The quantitative estimate of drug-likeness (QED) is 0.929. The summed E-state index contributed by atoms with van der Waals surface area (Å²) in [6.45, 7) is 4.49. The van der Waals surface area contributed by atoms with Crippen LogP contribution in [0.25, 0.3) is 0 Å². The van der Waals surface area contributed by atoms with Crippen molar-refractivity contribution in [3.8, 4) is 0 Å². The van der Waals surface area contributed by atoms with Crippen LogP contribution >= 0.6 is 0 Å². The van der Waals surface area contributed by atoms with Crippen molar-refractivity contribution >= 4 is 16.1 Å². The van der Waals surface area contributed by atoms with Crippen molar-refractivity contribution in [1.29, 1.82) is 0 Å². The minimum Gasteiger partial charge on any atom is -0.268 e. The van der Waals surface area contributed by atoms with E-state index in [-0.39, 0.29) is 6.54 Å². The van der Waals surface area contributed by atoms with Gasteiger partial charge in [-0.2, -0.15) is 12.7 Å².